The van der Waals surface area contributed by atoms with E-state index >= 15 is 0 Å². The first kappa shape index (κ1) is 18.4. The number of halogens is 1. The summed E-state index contributed by atoms with van der Waals surface area (Å²) in [5, 5.41) is 11.2. The lowest BCUT2D eigenvalue weighted by atomic mass is 10.1. The van der Waals surface area contributed by atoms with Crippen LogP contribution in [-0.4, -0.2) is 27.4 Å². The van der Waals surface area contributed by atoms with E-state index in [2.05, 4.69) is 4.98 Å². The molecule has 6 heteroatoms. The molecule has 1 aromatic heterocycles. The number of fused-ring (bicyclic) bond motifs is 1. The number of aromatic nitrogens is 2. The minimum Gasteiger partial charge on any atom is -0.490 e. The van der Waals surface area contributed by atoms with Crippen LogP contribution in [0.15, 0.2) is 41.5 Å². The predicted molar refractivity (Wildman–Crippen MR) is 103 cm³/mol. The standard InChI is InChI=1S/C20H21ClN2O3/c1-12-4-5-13(2)19(14(12)3)26-10-16(24)9-23-11-22-18-7-6-15(21)8-17(18)20(23)25/h4-8,11,16,24H,9-10H2,1-3H3/t16-/m0/s1. The first-order chi connectivity index (χ1) is 12.4. The van der Waals surface area contributed by atoms with E-state index in [1.165, 1.54) is 10.9 Å². The van der Waals surface area contributed by atoms with Gasteiger partial charge >= 0.3 is 0 Å². The molecule has 1 atom stereocenters. The van der Waals surface area contributed by atoms with Gasteiger partial charge in [0.15, 0.2) is 0 Å². The average molecular weight is 373 g/mol. The van der Waals surface area contributed by atoms with Crippen molar-refractivity contribution in [3.63, 3.8) is 0 Å². The summed E-state index contributed by atoms with van der Waals surface area (Å²) in [7, 11) is 0. The van der Waals surface area contributed by atoms with E-state index in [0.717, 1.165) is 22.4 Å². The first-order valence-corrected chi connectivity index (χ1v) is 8.77. The summed E-state index contributed by atoms with van der Waals surface area (Å²) < 4.78 is 7.20. The molecule has 5 nitrogen and oxygen atoms in total. The van der Waals surface area contributed by atoms with Gasteiger partial charge in [-0.05, 0) is 55.7 Å². The summed E-state index contributed by atoms with van der Waals surface area (Å²) in [6.45, 7) is 6.16. The maximum Gasteiger partial charge on any atom is 0.261 e. The quantitative estimate of drug-likeness (QED) is 0.745. The maximum absolute atomic E-state index is 12.6. The third-order valence-electron chi connectivity index (χ3n) is 4.49. The molecule has 0 aliphatic carbocycles. The zero-order valence-corrected chi connectivity index (χ0v) is 15.7. The summed E-state index contributed by atoms with van der Waals surface area (Å²) in [6, 6.07) is 9.01. The molecule has 0 amide bonds. The number of nitrogens with zero attached hydrogens (tertiary/aromatic N) is 2. The second-order valence-corrected chi connectivity index (χ2v) is 6.92. The van der Waals surface area contributed by atoms with Crippen LogP contribution in [0.2, 0.25) is 5.02 Å². The zero-order valence-electron chi connectivity index (χ0n) is 15.0. The van der Waals surface area contributed by atoms with Gasteiger partial charge < -0.3 is 9.84 Å². The summed E-state index contributed by atoms with van der Waals surface area (Å²) in [5.41, 5.74) is 3.54. The van der Waals surface area contributed by atoms with Crippen molar-refractivity contribution in [2.45, 2.75) is 33.4 Å². The van der Waals surface area contributed by atoms with Crippen LogP contribution in [0.1, 0.15) is 16.7 Å². The van der Waals surface area contributed by atoms with Gasteiger partial charge in [0.05, 0.1) is 23.8 Å². The van der Waals surface area contributed by atoms with E-state index in [4.69, 9.17) is 16.3 Å². The lowest BCUT2D eigenvalue weighted by molar-refractivity contribution is 0.0908. The summed E-state index contributed by atoms with van der Waals surface area (Å²) in [4.78, 5) is 16.8. The third kappa shape index (κ3) is 3.74. The van der Waals surface area contributed by atoms with Gasteiger partial charge in [0.25, 0.3) is 5.56 Å². The lowest BCUT2D eigenvalue weighted by Crippen LogP contribution is -2.30. The fourth-order valence-electron chi connectivity index (χ4n) is 2.87. The summed E-state index contributed by atoms with van der Waals surface area (Å²) in [6.07, 6.45) is 0.593. The Hall–Kier alpha value is -2.37. The van der Waals surface area contributed by atoms with Crippen molar-refractivity contribution >= 4 is 22.5 Å². The number of aryl methyl sites for hydroxylation is 2. The van der Waals surface area contributed by atoms with E-state index in [-0.39, 0.29) is 18.7 Å². The Bertz CT molecular complexity index is 1010. The predicted octanol–water partition coefficient (Wildman–Crippen LogP) is 3.42. The van der Waals surface area contributed by atoms with E-state index < -0.39 is 6.10 Å². The zero-order chi connectivity index (χ0) is 18.8. The second kappa shape index (κ2) is 7.48. The highest BCUT2D eigenvalue weighted by Crippen LogP contribution is 2.25. The third-order valence-corrected chi connectivity index (χ3v) is 4.72. The van der Waals surface area contributed by atoms with Crippen molar-refractivity contribution in [1.29, 1.82) is 0 Å². The number of rotatable bonds is 5. The molecule has 0 bridgehead atoms. The number of hydrogen-bond acceptors (Lipinski definition) is 4. The SMILES string of the molecule is Cc1ccc(C)c(OC[C@@H](O)Cn2cnc3ccc(Cl)cc3c2=O)c1C. The van der Waals surface area contributed by atoms with Crippen LogP contribution in [0.3, 0.4) is 0 Å². The first-order valence-electron chi connectivity index (χ1n) is 8.39. The van der Waals surface area contributed by atoms with Gasteiger partial charge in [-0.25, -0.2) is 4.98 Å². The van der Waals surface area contributed by atoms with E-state index in [1.807, 2.05) is 32.9 Å². The van der Waals surface area contributed by atoms with Crippen molar-refractivity contribution in [3.8, 4) is 5.75 Å². The molecule has 0 unspecified atom stereocenters. The van der Waals surface area contributed by atoms with Crippen molar-refractivity contribution < 1.29 is 9.84 Å². The molecule has 1 N–H and O–H groups in total. The molecule has 136 valence electrons. The Balaban J connectivity index is 1.76. The van der Waals surface area contributed by atoms with E-state index in [9.17, 15) is 9.90 Å². The Morgan fingerprint density at radius 2 is 1.92 bits per heavy atom. The summed E-state index contributed by atoms with van der Waals surface area (Å²) in [5.74, 6) is 0.778. The number of ether oxygens (including phenoxy) is 1. The molecule has 3 rings (SSSR count). The smallest absolute Gasteiger partial charge is 0.261 e. The highest BCUT2D eigenvalue weighted by molar-refractivity contribution is 6.31. The minimum atomic E-state index is -0.842. The fraction of sp³-hybridized carbons (Fsp3) is 0.300. The molecule has 0 aliphatic heterocycles. The highest BCUT2D eigenvalue weighted by atomic mass is 35.5. The molecule has 0 aliphatic rings. The van der Waals surface area contributed by atoms with Gasteiger partial charge in [0.1, 0.15) is 18.5 Å². The van der Waals surface area contributed by atoms with Crippen molar-refractivity contribution in [1.82, 2.24) is 9.55 Å². The molecule has 0 radical (unpaired) electrons. The Kier molecular flexibility index (Phi) is 5.30. The molecule has 0 saturated heterocycles. The summed E-state index contributed by atoms with van der Waals surface area (Å²) >= 11 is 5.96. The van der Waals surface area contributed by atoms with Gasteiger partial charge in [0, 0.05) is 5.02 Å². The van der Waals surface area contributed by atoms with Crippen LogP contribution < -0.4 is 10.3 Å². The Labute approximate surface area is 156 Å². The van der Waals surface area contributed by atoms with Crippen LogP contribution in [0.4, 0.5) is 0 Å². The lowest BCUT2D eigenvalue weighted by Gasteiger charge is -2.17. The normalized spacial score (nSPS) is 12.3. The van der Waals surface area contributed by atoms with Gasteiger partial charge in [-0.1, -0.05) is 23.7 Å². The van der Waals surface area contributed by atoms with Crippen LogP contribution in [0.5, 0.6) is 5.75 Å². The van der Waals surface area contributed by atoms with E-state index in [0.29, 0.717) is 15.9 Å². The number of benzene rings is 2. The molecule has 1 heterocycles. The van der Waals surface area contributed by atoms with Crippen molar-refractivity contribution in [2.24, 2.45) is 0 Å². The Morgan fingerprint density at radius 3 is 2.69 bits per heavy atom. The monoisotopic (exact) mass is 372 g/mol. The number of hydrogen-bond donors (Lipinski definition) is 1. The number of aliphatic hydroxyl groups excluding tert-OH is 1. The van der Waals surface area contributed by atoms with Gasteiger partial charge in [0.2, 0.25) is 0 Å². The largest absolute Gasteiger partial charge is 0.490 e. The van der Waals surface area contributed by atoms with Crippen LogP contribution >= 0.6 is 11.6 Å². The molecule has 26 heavy (non-hydrogen) atoms. The van der Waals surface area contributed by atoms with Crippen LogP contribution in [0.25, 0.3) is 10.9 Å². The van der Waals surface area contributed by atoms with Crippen LogP contribution in [0, 0.1) is 20.8 Å². The van der Waals surface area contributed by atoms with Gasteiger partial charge in [-0.15, -0.1) is 0 Å². The van der Waals surface area contributed by atoms with Gasteiger partial charge in [-0.2, -0.15) is 0 Å². The maximum atomic E-state index is 12.6. The minimum absolute atomic E-state index is 0.0884. The fourth-order valence-corrected chi connectivity index (χ4v) is 3.04. The van der Waals surface area contributed by atoms with Gasteiger partial charge in [-0.3, -0.25) is 9.36 Å². The number of aliphatic hydroxyl groups is 1. The molecular weight excluding hydrogens is 352 g/mol. The molecule has 0 saturated carbocycles. The average Bonchev–Trinajstić information content (AvgIpc) is 2.61. The topological polar surface area (TPSA) is 64.3 Å². The van der Waals surface area contributed by atoms with Crippen molar-refractivity contribution in [3.05, 3.63) is 68.7 Å². The molecule has 0 spiro atoms. The highest BCUT2D eigenvalue weighted by Gasteiger charge is 2.13. The Morgan fingerprint density at radius 1 is 1.19 bits per heavy atom. The molecule has 3 aromatic rings. The molecule has 0 fully saturated rings. The second-order valence-electron chi connectivity index (χ2n) is 6.48. The molecule has 2 aromatic carbocycles. The van der Waals surface area contributed by atoms with Crippen molar-refractivity contribution in [2.75, 3.05) is 6.61 Å². The molecular formula is C20H21ClN2O3. The van der Waals surface area contributed by atoms with E-state index in [1.54, 1.807) is 18.2 Å². The van der Waals surface area contributed by atoms with Crippen LogP contribution in [-0.2, 0) is 6.54 Å².